The molecule has 2 N–H and O–H groups in total. The molecular weight excluding hydrogens is 263 g/mol. The van der Waals surface area contributed by atoms with Crippen molar-refractivity contribution in [2.45, 2.75) is 32.2 Å². The van der Waals surface area contributed by atoms with Gasteiger partial charge in [0.1, 0.15) is 11.4 Å². The molecule has 2 amide bonds. The number of nitrogens with zero attached hydrogens (tertiary/aromatic N) is 1. The zero-order valence-electron chi connectivity index (χ0n) is 11.8. The minimum absolute atomic E-state index is 0.280. The Morgan fingerprint density at radius 2 is 1.75 bits per heavy atom. The lowest BCUT2D eigenvalue weighted by Crippen LogP contribution is -2.56. The van der Waals surface area contributed by atoms with Gasteiger partial charge in [-0.25, -0.2) is 14.0 Å². The molecule has 0 fully saturated rings. The van der Waals surface area contributed by atoms with Crippen LogP contribution in [0, 0.1) is 5.82 Å². The first-order valence-corrected chi connectivity index (χ1v) is 6.41. The smallest absolute Gasteiger partial charge is 0.329 e. The predicted molar refractivity (Wildman–Crippen MR) is 74.3 cm³/mol. The fourth-order valence-electron chi connectivity index (χ4n) is 1.85. The van der Waals surface area contributed by atoms with Crippen LogP contribution in [0.4, 0.5) is 14.9 Å². The summed E-state index contributed by atoms with van der Waals surface area (Å²) in [5, 5.41) is 11.8. The number of amides is 2. The van der Waals surface area contributed by atoms with Gasteiger partial charge in [-0.1, -0.05) is 13.8 Å². The highest BCUT2D eigenvalue weighted by molar-refractivity contribution is 5.95. The summed E-state index contributed by atoms with van der Waals surface area (Å²) in [5.41, 5.74) is -0.804. The Morgan fingerprint density at radius 3 is 2.15 bits per heavy atom. The maximum absolute atomic E-state index is 12.8. The van der Waals surface area contributed by atoms with Crippen LogP contribution in [0.15, 0.2) is 24.3 Å². The molecule has 0 radical (unpaired) electrons. The molecule has 0 atom stereocenters. The van der Waals surface area contributed by atoms with Crippen molar-refractivity contribution in [2.24, 2.45) is 0 Å². The minimum Gasteiger partial charge on any atom is -0.480 e. The third kappa shape index (κ3) is 3.26. The average molecular weight is 282 g/mol. The van der Waals surface area contributed by atoms with Crippen molar-refractivity contribution >= 4 is 17.7 Å². The number of hydrogen-bond donors (Lipinski definition) is 2. The van der Waals surface area contributed by atoms with Gasteiger partial charge in [-0.05, 0) is 37.1 Å². The SMILES string of the molecule is CCC(CC)(NC(=O)N(C)c1ccc(F)cc1)C(=O)O. The number of halogens is 1. The molecule has 0 saturated carbocycles. The highest BCUT2D eigenvalue weighted by atomic mass is 19.1. The zero-order chi connectivity index (χ0) is 15.3. The van der Waals surface area contributed by atoms with E-state index in [0.29, 0.717) is 5.69 Å². The van der Waals surface area contributed by atoms with Gasteiger partial charge in [0.25, 0.3) is 0 Å². The number of carboxylic acid groups (broad SMARTS) is 1. The number of benzene rings is 1. The molecule has 1 aromatic carbocycles. The highest BCUT2D eigenvalue weighted by Crippen LogP contribution is 2.18. The van der Waals surface area contributed by atoms with Crippen molar-refractivity contribution in [1.82, 2.24) is 5.32 Å². The van der Waals surface area contributed by atoms with E-state index < -0.39 is 23.4 Å². The van der Waals surface area contributed by atoms with Crippen molar-refractivity contribution in [3.05, 3.63) is 30.1 Å². The van der Waals surface area contributed by atoms with Gasteiger partial charge in [-0.2, -0.15) is 0 Å². The molecule has 20 heavy (non-hydrogen) atoms. The van der Waals surface area contributed by atoms with Crippen LogP contribution in [0.2, 0.25) is 0 Å². The minimum atomic E-state index is -1.29. The van der Waals surface area contributed by atoms with E-state index in [0.717, 1.165) is 0 Å². The van der Waals surface area contributed by atoms with Gasteiger partial charge in [0, 0.05) is 12.7 Å². The third-order valence-electron chi connectivity index (χ3n) is 3.48. The van der Waals surface area contributed by atoms with E-state index in [2.05, 4.69) is 5.32 Å². The number of carbonyl (C=O) groups excluding carboxylic acids is 1. The van der Waals surface area contributed by atoms with E-state index in [1.807, 2.05) is 0 Å². The summed E-state index contributed by atoms with van der Waals surface area (Å²) in [6.45, 7) is 3.41. The second-order valence-corrected chi connectivity index (χ2v) is 4.56. The molecule has 0 aromatic heterocycles. The number of aliphatic carboxylic acids is 1. The largest absolute Gasteiger partial charge is 0.480 e. The molecule has 0 aliphatic heterocycles. The fraction of sp³-hybridized carbons (Fsp3) is 0.429. The summed E-state index contributed by atoms with van der Waals surface area (Å²) in [4.78, 5) is 24.7. The molecule has 0 aliphatic carbocycles. The lowest BCUT2D eigenvalue weighted by atomic mass is 9.93. The zero-order valence-corrected chi connectivity index (χ0v) is 11.8. The Morgan fingerprint density at radius 1 is 1.25 bits per heavy atom. The first-order valence-electron chi connectivity index (χ1n) is 6.41. The predicted octanol–water partition coefficient (Wildman–Crippen LogP) is 2.61. The molecule has 0 saturated heterocycles. The van der Waals surface area contributed by atoms with Crippen molar-refractivity contribution in [3.63, 3.8) is 0 Å². The summed E-state index contributed by atoms with van der Waals surface area (Å²) >= 11 is 0. The van der Waals surface area contributed by atoms with E-state index in [-0.39, 0.29) is 12.8 Å². The molecule has 0 heterocycles. The lowest BCUT2D eigenvalue weighted by molar-refractivity contribution is -0.144. The topological polar surface area (TPSA) is 69.6 Å². The van der Waals surface area contributed by atoms with E-state index >= 15 is 0 Å². The van der Waals surface area contributed by atoms with Crippen LogP contribution in [0.3, 0.4) is 0 Å². The Hall–Kier alpha value is -2.11. The van der Waals surface area contributed by atoms with Gasteiger partial charge in [0.05, 0.1) is 0 Å². The second-order valence-electron chi connectivity index (χ2n) is 4.56. The Kier molecular flexibility index (Phi) is 5.07. The molecule has 0 bridgehead atoms. The molecule has 1 aromatic rings. The normalized spacial score (nSPS) is 11.0. The maximum atomic E-state index is 12.8. The molecule has 6 heteroatoms. The van der Waals surface area contributed by atoms with E-state index in [1.165, 1.54) is 36.2 Å². The van der Waals surface area contributed by atoms with Crippen molar-refractivity contribution < 1.29 is 19.1 Å². The number of anilines is 1. The molecular formula is C14H19FN2O3. The van der Waals surface area contributed by atoms with Crippen LogP contribution < -0.4 is 10.2 Å². The number of nitrogens with one attached hydrogen (secondary N) is 1. The number of rotatable bonds is 5. The number of carbonyl (C=O) groups is 2. The molecule has 0 unspecified atom stereocenters. The van der Waals surface area contributed by atoms with Crippen molar-refractivity contribution in [2.75, 3.05) is 11.9 Å². The van der Waals surface area contributed by atoms with Gasteiger partial charge in [-0.3, -0.25) is 4.90 Å². The Bertz CT molecular complexity index is 484. The van der Waals surface area contributed by atoms with Crippen LogP contribution in [-0.2, 0) is 4.79 Å². The summed E-state index contributed by atoms with van der Waals surface area (Å²) in [6, 6.07) is 4.85. The van der Waals surface area contributed by atoms with Gasteiger partial charge in [-0.15, -0.1) is 0 Å². The maximum Gasteiger partial charge on any atom is 0.329 e. The first kappa shape index (κ1) is 15.9. The van der Waals surface area contributed by atoms with Crippen LogP contribution >= 0.6 is 0 Å². The van der Waals surface area contributed by atoms with Gasteiger partial charge >= 0.3 is 12.0 Å². The fourth-order valence-corrected chi connectivity index (χ4v) is 1.85. The van der Waals surface area contributed by atoms with Crippen molar-refractivity contribution in [3.8, 4) is 0 Å². The highest BCUT2D eigenvalue weighted by Gasteiger charge is 2.37. The van der Waals surface area contributed by atoms with E-state index in [1.54, 1.807) is 13.8 Å². The molecule has 0 aliphatic rings. The number of carboxylic acids is 1. The Balaban J connectivity index is 2.89. The van der Waals surface area contributed by atoms with Gasteiger partial charge < -0.3 is 10.4 Å². The van der Waals surface area contributed by atoms with E-state index in [9.17, 15) is 19.1 Å². The number of urea groups is 1. The van der Waals surface area contributed by atoms with Gasteiger partial charge in [0.15, 0.2) is 0 Å². The van der Waals surface area contributed by atoms with Crippen molar-refractivity contribution in [1.29, 1.82) is 0 Å². The van der Waals surface area contributed by atoms with Crippen LogP contribution in [0.25, 0.3) is 0 Å². The summed E-state index contributed by atoms with van der Waals surface area (Å²) in [7, 11) is 1.50. The summed E-state index contributed by atoms with van der Waals surface area (Å²) in [6.07, 6.45) is 0.559. The van der Waals surface area contributed by atoms with Crippen LogP contribution in [0.1, 0.15) is 26.7 Å². The second kappa shape index (κ2) is 6.36. The molecule has 5 nitrogen and oxygen atoms in total. The quantitative estimate of drug-likeness (QED) is 0.872. The summed E-state index contributed by atoms with van der Waals surface area (Å²) in [5.74, 6) is -1.46. The average Bonchev–Trinajstić information content (AvgIpc) is 2.44. The monoisotopic (exact) mass is 282 g/mol. The standard InChI is InChI=1S/C14H19FN2O3/c1-4-14(5-2,12(18)19)16-13(20)17(3)11-8-6-10(15)7-9-11/h6-9H,4-5H2,1-3H3,(H,16,20)(H,18,19). The van der Waals surface area contributed by atoms with E-state index in [4.69, 9.17) is 0 Å². The number of hydrogen-bond acceptors (Lipinski definition) is 2. The summed E-state index contributed by atoms with van der Waals surface area (Å²) < 4.78 is 12.8. The Labute approximate surface area is 117 Å². The molecule has 0 spiro atoms. The molecule has 110 valence electrons. The molecule has 1 rings (SSSR count). The van der Waals surface area contributed by atoms with Crippen LogP contribution in [-0.4, -0.2) is 29.7 Å². The van der Waals surface area contributed by atoms with Gasteiger partial charge in [0.2, 0.25) is 0 Å². The lowest BCUT2D eigenvalue weighted by Gasteiger charge is -2.30. The first-order chi connectivity index (χ1) is 9.36. The van der Waals surface area contributed by atoms with Crippen LogP contribution in [0.5, 0.6) is 0 Å². The third-order valence-corrected chi connectivity index (χ3v) is 3.48.